The summed E-state index contributed by atoms with van der Waals surface area (Å²) >= 11 is 0. The van der Waals surface area contributed by atoms with E-state index in [1.165, 1.54) is 0 Å². The average Bonchev–Trinajstić information content (AvgIpc) is 2.13. The van der Waals surface area contributed by atoms with Crippen LogP contribution in [0.2, 0.25) is 0 Å². The first kappa shape index (κ1) is 8.89. The number of rotatable bonds is 2. The average molecular weight is 174 g/mol. The molecule has 13 heavy (non-hydrogen) atoms. The van der Waals surface area contributed by atoms with Crippen LogP contribution < -0.4 is 9.47 Å². The van der Waals surface area contributed by atoms with Crippen molar-refractivity contribution < 1.29 is 9.47 Å². The van der Waals surface area contributed by atoms with Crippen molar-refractivity contribution >= 4 is 0 Å². The van der Waals surface area contributed by atoms with Crippen molar-refractivity contribution in [3.8, 4) is 24.0 Å². The van der Waals surface area contributed by atoms with E-state index < -0.39 is 0 Å². The van der Waals surface area contributed by atoms with Crippen LogP contribution in [0.3, 0.4) is 0 Å². The maximum Gasteiger partial charge on any atom is 0.292 e. The third-order valence-electron chi connectivity index (χ3n) is 1.55. The van der Waals surface area contributed by atoms with Crippen LogP contribution in [0.15, 0.2) is 18.2 Å². The second kappa shape index (κ2) is 3.99. The second-order valence-corrected chi connectivity index (χ2v) is 2.27. The van der Waals surface area contributed by atoms with Gasteiger partial charge in [0.2, 0.25) is 0 Å². The van der Waals surface area contributed by atoms with Gasteiger partial charge < -0.3 is 9.47 Å². The molecule has 0 aliphatic rings. The molecule has 4 nitrogen and oxygen atoms in total. The van der Waals surface area contributed by atoms with E-state index in [9.17, 15) is 0 Å². The van der Waals surface area contributed by atoms with Crippen molar-refractivity contribution in [1.29, 1.82) is 10.5 Å². The summed E-state index contributed by atoms with van der Waals surface area (Å²) in [6, 6.07) is 4.90. The van der Waals surface area contributed by atoms with Crippen LogP contribution in [0.25, 0.3) is 0 Å². The van der Waals surface area contributed by atoms with E-state index in [0.29, 0.717) is 17.1 Å². The van der Waals surface area contributed by atoms with Gasteiger partial charge in [-0.3, -0.25) is 0 Å². The summed E-state index contributed by atoms with van der Waals surface area (Å²) in [6.07, 6.45) is 3.11. The number of nitrogens with zero attached hydrogens (tertiary/aromatic N) is 2. The Hall–Kier alpha value is -2.20. The van der Waals surface area contributed by atoms with Crippen LogP contribution in [-0.4, -0.2) is 0 Å². The summed E-state index contributed by atoms with van der Waals surface area (Å²) in [4.78, 5) is 0. The minimum absolute atomic E-state index is 0.398. The third-order valence-corrected chi connectivity index (χ3v) is 1.55. The van der Waals surface area contributed by atoms with Crippen LogP contribution in [0.1, 0.15) is 5.56 Å². The highest BCUT2D eigenvalue weighted by atomic mass is 16.5. The molecule has 0 bridgehead atoms. The maximum absolute atomic E-state index is 8.29. The molecule has 0 saturated heterocycles. The fourth-order valence-electron chi connectivity index (χ4n) is 0.914. The van der Waals surface area contributed by atoms with Gasteiger partial charge in [-0.15, -0.1) is 10.5 Å². The van der Waals surface area contributed by atoms with Crippen LogP contribution in [0.4, 0.5) is 0 Å². The molecule has 0 N–H and O–H groups in total. The molecule has 0 unspecified atom stereocenters. The Morgan fingerprint density at radius 2 is 1.54 bits per heavy atom. The molecule has 0 aromatic heterocycles. The molecule has 0 aliphatic heterocycles. The molecule has 1 rings (SSSR count). The zero-order valence-corrected chi connectivity index (χ0v) is 6.94. The van der Waals surface area contributed by atoms with Crippen LogP contribution in [0.5, 0.6) is 11.5 Å². The van der Waals surface area contributed by atoms with E-state index in [4.69, 9.17) is 10.5 Å². The van der Waals surface area contributed by atoms with Crippen LogP contribution in [0, 0.1) is 30.0 Å². The number of hydrogen-bond donors (Lipinski definition) is 0. The minimum atomic E-state index is 0.398. The van der Waals surface area contributed by atoms with Crippen LogP contribution >= 0.6 is 0 Å². The molecule has 0 amide bonds. The van der Waals surface area contributed by atoms with Gasteiger partial charge in [-0.25, -0.2) is 0 Å². The topological polar surface area (TPSA) is 66.0 Å². The highest BCUT2D eigenvalue weighted by molar-refractivity contribution is 5.44. The predicted octanol–water partition coefficient (Wildman–Crippen LogP) is 1.71. The molecule has 0 spiro atoms. The Labute approximate surface area is 75.5 Å². The third kappa shape index (κ3) is 1.88. The largest absolute Gasteiger partial charge is 0.388 e. The van der Waals surface area contributed by atoms with Crippen molar-refractivity contribution in [2.24, 2.45) is 0 Å². The summed E-state index contributed by atoms with van der Waals surface area (Å²) in [7, 11) is 0. The normalized spacial score (nSPS) is 8.23. The zero-order chi connectivity index (χ0) is 9.68. The van der Waals surface area contributed by atoms with Crippen molar-refractivity contribution in [2.45, 2.75) is 6.92 Å². The van der Waals surface area contributed by atoms with Gasteiger partial charge in [-0.2, -0.15) is 0 Å². The van der Waals surface area contributed by atoms with E-state index in [1.54, 1.807) is 37.6 Å². The molecule has 64 valence electrons. The lowest BCUT2D eigenvalue weighted by molar-refractivity contribution is 0.477. The fourth-order valence-corrected chi connectivity index (χ4v) is 0.914. The summed E-state index contributed by atoms with van der Waals surface area (Å²) < 4.78 is 9.28. The molecule has 0 atom stereocenters. The predicted molar refractivity (Wildman–Crippen MR) is 43.7 cm³/mol. The standard InChI is InChI=1S/C9H6N2O2/c1-7-8(12-5-10)3-2-4-9(7)13-6-11/h2-4H,1H3. The molecule has 0 heterocycles. The zero-order valence-electron chi connectivity index (χ0n) is 6.94. The Balaban J connectivity index is 3.06. The van der Waals surface area contributed by atoms with E-state index >= 15 is 0 Å². The molecule has 4 heteroatoms. The molecule has 1 aromatic carbocycles. The number of hydrogen-bond acceptors (Lipinski definition) is 4. The van der Waals surface area contributed by atoms with Crippen molar-refractivity contribution in [1.82, 2.24) is 0 Å². The van der Waals surface area contributed by atoms with E-state index in [1.807, 2.05) is 0 Å². The van der Waals surface area contributed by atoms with E-state index in [0.717, 1.165) is 0 Å². The Kier molecular flexibility index (Phi) is 2.73. The lowest BCUT2D eigenvalue weighted by Gasteiger charge is -2.04. The fraction of sp³-hybridized carbons (Fsp3) is 0.111. The summed E-state index contributed by atoms with van der Waals surface area (Å²) in [5.74, 6) is 0.797. The van der Waals surface area contributed by atoms with Crippen LogP contribution in [-0.2, 0) is 0 Å². The monoisotopic (exact) mass is 174 g/mol. The van der Waals surface area contributed by atoms with Gasteiger partial charge in [-0.1, -0.05) is 6.07 Å². The maximum atomic E-state index is 8.29. The summed E-state index contributed by atoms with van der Waals surface area (Å²) in [5, 5.41) is 16.6. The molecule has 0 radical (unpaired) electrons. The second-order valence-electron chi connectivity index (χ2n) is 2.27. The van der Waals surface area contributed by atoms with E-state index in [-0.39, 0.29) is 0 Å². The number of nitriles is 2. The van der Waals surface area contributed by atoms with E-state index in [2.05, 4.69) is 9.47 Å². The van der Waals surface area contributed by atoms with Gasteiger partial charge in [0.1, 0.15) is 11.5 Å². The summed E-state index contributed by atoms with van der Waals surface area (Å²) in [6.45, 7) is 1.71. The highest BCUT2D eigenvalue weighted by Gasteiger charge is 2.05. The Morgan fingerprint density at radius 1 is 1.08 bits per heavy atom. The van der Waals surface area contributed by atoms with Gasteiger partial charge in [0, 0.05) is 5.56 Å². The quantitative estimate of drug-likeness (QED) is 0.640. The molecular formula is C9H6N2O2. The molecule has 0 fully saturated rings. The van der Waals surface area contributed by atoms with Crippen molar-refractivity contribution in [3.05, 3.63) is 23.8 Å². The van der Waals surface area contributed by atoms with Gasteiger partial charge in [0.25, 0.3) is 12.5 Å². The van der Waals surface area contributed by atoms with Crippen molar-refractivity contribution in [3.63, 3.8) is 0 Å². The first-order valence-electron chi connectivity index (χ1n) is 3.51. The molecule has 0 aliphatic carbocycles. The smallest absolute Gasteiger partial charge is 0.292 e. The summed E-state index contributed by atoms with van der Waals surface area (Å²) in [5.41, 5.74) is 0.630. The van der Waals surface area contributed by atoms with Crippen molar-refractivity contribution in [2.75, 3.05) is 0 Å². The minimum Gasteiger partial charge on any atom is -0.388 e. The Bertz CT molecular complexity index is 353. The van der Waals surface area contributed by atoms with Gasteiger partial charge >= 0.3 is 0 Å². The number of benzene rings is 1. The first-order valence-corrected chi connectivity index (χ1v) is 3.51. The molecule has 1 aromatic rings. The van der Waals surface area contributed by atoms with Gasteiger partial charge in [0.15, 0.2) is 0 Å². The molecular weight excluding hydrogens is 168 g/mol. The first-order chi connectivity index (χ1) is 6.29. The lowest BCUT2D eigenvalue weighted by atomic mass is 10.2. The van der Waals surface area contributed by atoms with Gasteiger partial charge in [0.05, 0.1) is 0 Å². The molecule has 0 saturated carbocycles. The van der Waals surface area contributed by atoms with Gasteiger partial charge in [-0.05, 0) is 19.1 Å². The highest BCUT2D eigenvalue weighted by Crippen LogP contribution is 2.26. The number of ether oxygens (including phenoxy) is 2. The lowest BCUT2D eigenvalue weighted by Crippen LogP contribution is -1.90. The Morgan fingerprint density at radius 3 is 1.92 bits per heavy atom. The SMILES string of the molecule is Cc1c(OC#N)cccc1OC#N.